The van der Waals surface area contributed by atoms with Gasteiger partial charge in [-0.05, 0) is 51.9 Å². The molecule has 0 heterocycles. The minimum absolute atomic E-state index is 0.377. The molecule has 1 saturated carbocycles. The van der Waals surface area contributed by atoms with Gasteiger partial charge in [0.15, 0.2) is 0 Å². The van der Waals surface area contributed by atoms with Gasteiger partial charge < -0.3 is 14.6 Å². The van der Waals surface area contributed by atoms with Crippen molar-refractivity contribution in [3.63, 3.8) is 0 Å². The molecule has 0 bridgehead atoms. The van der Waals surface area contributed by atoms with Gasteiger partial charge in [0.25, 0.3) is 0 Å². The minimum Gasteiger partial charge on any atom is -0.490 e. The smallest absolute Gasteiger partial charge is 0.133 e. The van der Waals surface area contributed by atoms with Crippen LogP contribution in [0.4, 0.5) is 0 Å². The SMILES string of the molecule is COCCOc1ccc(C(O)C2CCCC2C)cc1Br. The van der Waals surface area contributed by atoms with Crippen LogP contribution in [-0.4, -0.2) is 25.4 Å². The van der Waals surface area contributed by atoms with E-state index in [1.165, 1.54) is 12.8 Å². The summed E-state index contributed by atoms with van der Waals surface area (Å²) in [6.07, 6.45) is 3.19. The highest BCUT2D eigenvalue weighted by atomic mass is 79.9. The van der Waals surface area contributed by atoms with Gasteiger partial charge in [-0.3, -0.25) is 0 Å². The molecule has 112 valence electrons. The second-order valence-electron chi connectivity index (χ2n) is 5.55. The Morgan fingerprint density at radius 2 is 2.15 bits per heavy atom. The van der Waals surface area contributed by atoms with Gasteiger partial charge >= 0.3 is 0 Å². The summed E-state index contributed by atoms with van der Waals surface area (Å²) in [6.45, 7) is 3.32. The third-order valence-corrected chi connectivity index (χ3v) is 4.80. The van der Waals surface area contributed by atoms with E-state index in [0.29, 0.717) is 25.0 Å². The molecule has 1 aliphatic rings. The van der Waals surface area contributed by atoms with Crippen LogP contribution < -0.4 is 4.74 Å². The number of hydrogen-bond donors (Lipinski definition) is 1. The largest absolute Gasteiger partial charge is 0.490 e. The number of ether oxygens (including phenoxy) is 2. The number of aliphatic hydroxyl groups excluding tert-OH is 1. The summed E-state index contributed by atoms with van der Waals surface area (Å²) in [4.78, 5) is 0. The number of benzene rings is 1. The van der Waals surface area contributed by atoms with Crippen LogP contribution in [0.1, 0.15) is 37.9 Å². The molecule has 3 nitrogen and oxygen atoms in total. The molecule has 0 spiro atoms. The van der Waals surface area contributed by atoms with Crippen molar-refractivity contribution in [2.45, 2.75) is 32.3 Å². The number of rotatable bonds is 6. The standard InChI is InChI=1S/C16H23BrO3/c1-11-4-3-5-13(11)16(18)12-6-7-15(14(17)10-12)20-9-8-19-2/h6-7,10-11,13,16,18H,3-5,8-9H2,1-2H3. The lowest BCUT2D eigenvalue weighted by molar-refractivity contribution is 0.0899. The normalized spacial score (nSPS) is 23.8. The van der Waals surface area contributed by atoms with E-state index in [4.69, 9.17) is 9.47 Å². The third kappa shape index (κ3) is 3.74. The molecule has 20 heavy (non-hydrogen) atoms. The van der Waals surface area contributed by atoms with Gasteiger partial charge in [0.2, 0.25) is 0 Å². The number of methoxy groups -OCH3 is 1. The van der Waals surface area contributed by atoms with E-state index in [0.717, 1.165) is 22.2 Å². The Morgan fingerprint density at radius 1 is 1.35 bits per heavy atom. The molecule has 2 rings (SSSR count). The number of hydrogen-bond acceptors (Lipinski definition) is 3. The van der Waals surface area contributed by atoms with Gasteiger partial charge in [0.1, 0.15) is 12.4 Å². The Labute approximate surface area is 129 Å². The van der Waals surface area contributed by atoms with Crippen molar-refractivity contribution < 1.29 is 14.6 Å². The summed E-state index contributed by atoms with van der Waals surface area (Å²) in [7, 11) is 1.65. The topological polar surface area (TPSA) is 38.7 Å². The van der Waals surface area contributed by atoms with E-state index < -0.39 is 0 Å². The summed E-state index contributed by atoms with van der Waals surface area (Å²) >= 11 is 3.51. The zero-order valence-electron chi connectivity index (χ0n) is 12.1. The lowest BCUT2D eigenvalue weighted by atomic mass is 9.88. The van der Waals surface area contributed by atoms with Crippen LogP contribution in [0.3, 0.4) is 0 Å². The Hall–Kier alpha value is -0.580. The summed E-state index contributed by atoms with van der Waals surface area (Å²) in [5.41, 5.74) is 0.967. The van der Waals surface area contributed by atoms with Gasteiger partial charge in [-0.1, -0.05) is 25.8 Å². The number of aliphatic hydroxyl groups is 1. The molecular weight excluding hydrogens is 320 g/mol. The van der Waals surface area contributed by atoms with Crippen LogP contribution >= 0.6 is 15.9 Å². The molecular formula is C16H23BrO3. The van der Waals surface area contributed by atoms with E-state index in [9.17, 15) is 5.11 Å². The molecule has 1 N–H and O–H groups in total. The van der Waals surface area contributed by atoms with E-state index in [2.05, 4.69) is 22.9 Å². The zero-order chi connectivity index (χ0) is 14.5. The summed E-state index contributed by atoms with van der Waals surface area (Å²) in [5.74, 6) is 1.76. The van der Waals surface area contributed by atoms with Crippen molar-refractivity contribution in [1.82, 2.24) is 0 Å². The minimum atomic E-state index is -0.378. The van der Waals surface area contributed by atoms with E-state index in [1.807, 2.05) is 18.2 Å². The second-order valence-corrected chi connectivity index (χ2v) is 6.40. The molecule has 4 heteroatoms. The summed E-state index contributed by atoms with van der Waals surface area (Å²) in [6, 6.07) is 5.85. The molecule has 0 amide bonds. The predicted octanol–water partition coefficient (Wildman–Crippen LogP) is 3.94. The van der Waals surface area contributed by atoms with Crippen molar-refractivity contribution in [1.29, 1.82) is 0 Å². The first-order valence-corrected chi connectivity index (χ1v) is 8.02. The first kappa shape index (κ1) is 15.8. The monoisotopic (exact) mass is 342 g/mol. The molecule has 1 aromatic carbocycles. The first-order valence-electron chi connectivity index (χ1n) is 7.22. The quantitative estimate of drug-likeness (QED) is 0.795. The Morgan fingerprint density at radius 3 is 2.75 bits per heavy atom. The highest BCUT2D eigenvalue weighted by molar-refractivity contribution is 9.10. The van der Waals surface area contributed by atoms with Gasteiger partial charge in [0, 0.05) is 7.11 Å². The van der Waals surface area contributed by atoms with Gasteiger partial charge in [-0.15, -0.1) is 0 Å². The Balaban J connectivity index is 2.04. The highest BCUT2D eigenvalue weighted by Crippen LogP contribution is 2.41. The maximum atomic E-state index is 10.5. The van der Waals surface area contributed by atoms with E-state index in [-0.39, 0.29) is 6.10 Å². The molecule has 1 fully saturated rings. The molecule has 3 atom stereocenters. The third-order valence-electron chi connectivity index (χ3n) is 4.18. The molecule has 0 aliphatic heterocycles. The first-order chi connectivity index (χ1) is 9.63. The zero-order valence-corrected chi connectivity index (χ0v) is 13.7. The highest BCUT2D eigenvalue weighted by Gasteiger charge is 2.30. The molecule has 0 radical (unpaired) electrons. The molecule has 1 aliphatic carbocycles. The van der Waals surface area contributed by atoms with Crippen LogP contribution in [0.25, 0.3) is 0 Å². The maximum absolute atomic E-state index is 10.5. The van der Waals surface area contributed by atoms with Crippen LogP contribution in [0.5, 0.6) is 5.75 Å². The van der Waals surface area contributed by atoms with Gasteiger partial charge in [0.05, 0.1) is 17.2 Å². The van der Waals surface area contributed by atoms with Crippen molar-refractivity contribution in [3.05, 3.63) is 28.2 Å². The van der Waals surface area contributed by atoms with Crippen molar-refractivity contribution in [2.24, 2.45) is 11.8 Å². The lowest BCUT2D eigenvalue weighted by Gasteiger charge is -2.23. The van der Waals surface area contributed by atoms with Crippen LogP contribution in [0.15, 0.2) is 22.7 Å². The fraction of sp³-hybridized carbons (Fsp3) is 0.625. The second kappa shape index (κ2) is 7.43. The predicted molar refractivity (Wildman–Crippen MR) is 83.0 cm³/mol. The van der Waals surface area contributed by atoms with E-state index >= 15 is 0 Å². The Kier molecular flexibility index (Phi) is 5.87. The fourth-order valence-electron chi connectivity index (χ4n) is 2.94. The van der Waals surface area contributed by atoms with Gasteiger partial charge in [-0.2, -0.15) is 0 Å². The molecule has 0 aromatic heterocycles. The maximum Gasteiger partial charge on any atom is 0.133 e. The lowest BCUT2D eigenvalue weighted by Crippen LogP contribution is -2.15. The summed E-state index contributed by atoms with van der Waals surface area (Å²) < 4.78 is 11.5. The number of halogens is 1. The van der Waals surface area contributed by atoms with Gasteiger partial charge in [-0.25, -0.2) is 0 Å². The van der Waals surface area contributed by atoms with Crippen molar-refractivity contribution in [2.75, 3.05) is 20.3 Å². The van der Waals surface area contributed by atoms with E-state index in [1.54, 1.807) is 7.11 Å². The fourth-order valence-corrected chi connectivity index (χ4v) is 3.45. The average molecular weight is 343 g/mol. The van der Waals surface area contributed by atoms with Crippen LogP contribution in [-0.2, 0) is 4.74 Å². The van der Waals surface area contributed by atoms with Crippen LogP contribution in [0.2, 0.25) is 0 Å². The molecule has 0 saturated heterocycles. The molecule has 3 unspecified atom stereocenters. The van der Waals surface area contributed by atoms with Crippen LogP contribution in [0, 0.1) is 11.8 Å². The average Bonchev–Trinajstić information content (AvgIpc) is 2.86. The van der Waals surface area contributed by atoms with Crippen molar-refractivity contribution in [3.8, 4) is 5.75 Å². The Bertz CT molecular complexity index is 436. The van der Waals surface area contributed by atoms with Crippen molar-refractivity contribution >= 4 is 15.9 Å². The molecule has 1 aromatic rings. The summed E-state index contributed by atoms with van der Waals surface area (Å²) in [5, 5.41) is 10.5.